The zero-order valence-corrected chi connectivity index (χ0v) is 10.1. The lowest BCUT2D eigenvalue weighted by atomic mass is 10.2. The van der Waals surface area contributed by atoms with Crippen LogP contribution in [0.1, 0.15) is 34.1 Å². The van der Waals surface area contributed by atoms with Gasteiger partial charge in [0.25, 0.3) is 0 Å². The molecule has 0 aromatic rings. The van der Waals surface area contributed by atoms with Crippen molar-refractivity contribution in [1.29, 1.82) is 0 Å². The van der Waals surface area contributed by atoms with Gasteiger partial charge in [-0.25, -0.2) is 0 Å². The Balaban J connectivity index is 4.22. The topological polar surface area (TPSA) is 37.3 Å². The van der Waals surface area contributed by atoms with Crippen LogP contribution in [0.2, 0.25) is 0 Å². The summed E-state index contributed by atoms with van der Waals surface area (Å²) in [5.41, 5.74) is 2.48. The van der Waals surface area contributed by atoms with Gasteiger partial charge in [0.2, 0.25) is 0 Å². The Morgan fingerprint density at radius 2 is 1.86 bits per heavy atom. The number of carboxylic acid groups (broad SMARTS) is 1. The number of hydrogen-bond donors (Lipinski definition) is 1. The van der Waals surface area contributed by atoms with Crippen molar-refractivity contribution in [3.63, 3.8) is 0 Å². The van der Waals surface area contributed by atoms with Gasteiger partial charge in [0.05, 0.1) is 6.42 Å². The van der Waals surface area contributed by atoms with E-state index in [1.807, 2.05) is 27.7 Å². The van der Waals surface area contributed by atoms with Gasteiger partial charge in [0, 0.05) is 10.7 Å². The van der Waals surface area contributed by atoms with E-state index in [1.54, 1.807) is 11.8 Å². The van der Waals surface area contributed by atoms with Crippen molar-refractivity contribution in [2.75, 3.05) is 5.75 Å². The third-order valence-electron chi connectivity index (χ3n) is 1.49. The molecule has 0 unspecified atom stereocenters. The van der Waals surface area contributed by atoms with Gasteiger partial charge < -0.3 is 5.11 Å². The first kappa shape index (κ1) is 13.3. The molecule has 0 heterocycles. The smallest absolute Gasteiger partial charge is 0.304 e. The summed E-state index contributed by atoms with van der Waals surface area (Å²) in [5, 5.41) is 8.50. The van der Waals surface area contributed by atoms with Crippen LogP contribution in [0.25, 0.3) is 0 Å². The minimum Gasteiger partial charge on any atom is -0.481 e. The molecule has 2 nitrogen and oxygen atoms in total. The molecule has 0 atom stereocenters. The molecule has 0 aliphatic carbocycles. The maximum atomic E-state index is 10.3. The first-order valence-electron chi connectivity index (χ1n) is 4.60. The molecule has 0 aromatic heterocycles. The monoisotopic (exact) mass is 214 g/mol. The van der Waals surface area contributed by atoms with Crippen molar-refractivity contribution < 1.29 is 9.90 Å². The quantitative estimate of drug-likeness (QED) is 0.712. The Hall–Kier alpha value is -0.700. The van der Waals surface area contributed by atoms with Gasteiger partial charge in [-0.3, -0.25) is 4.79 Å². The van der Waals surface area contributed by atoms with Gasteiger partial charge >= 0.3 is 5.97 Å². The van der Waals surface area contributed by atoms with Crippen LogP contribution in [0.4, 0.5) is 0 Å². The van der Waals surface area contributed by atoms with Gasteiger partial charge in [-0.1, -0.05) is 17.2 Å². The summed E-state index contributed by atoms with van der Waals surface area (Å²) in [7, 11) is 0. The van der Waals surface area contributed by atoms with Gasteiger partial charge in [0.15, 0.2) is 0 Å². The molecule has 1 N–H and O–H groups in total. The van der Waals surface area contributed by atoms with Gasteiger partial charge in [-0.05, 0) is 27.7 Å². The third-order valence-corrected chi connectivity index (χ3v) is 2.73. The fraction of sp³-hybridized carbons (Fsp3) is 0.545. The number of hydrogen-bond acceptors (Lipinski definition) is 2. The van der Waals surface area contributed by atoms with Crippen molar-refractivity contribution >= 4 is 17.7 Å². The lowest BCUT2D eigenvalue weighted by molar-refractivity contribution is -0.136. The van der Waals surface area contributed by atoms with Gasteiger partial charge in [-0.2, -0.15) is 0 Å². The summed E-state index contributed by atoms with van der Waals surface area (Å²) in [6.45, 7) is 8.17. The van der Waals surface area contributed by atoms with Crippen LogP contribution in [-0.2, 0) is 4.79 Å². The van der Waals surface area contributed by atoms with Crippen molar-refractivity contribution in [2.24, 2.45) is 0 Å². The number of carbonyl (C=O) groups is 1. The standard InChI is InChI=1S/C11H18O2S/c1-8(2)7-10(9(3)4)14-6-5-11(12)13/h7H,5-6H2,1-4H3,(H,12,13). The average Bonchev–Trinajstić information content (AvgIpc) is 2.00. The molecular weight excluding hydrogens is 196 g/mol. The zero-order valence-electron chi connectivity index (χ0n) is 9.26. The highest BCUT2D eigenvalue weighted by Crippen LogP contribution is 2.23. The highest BCUT2D eigenvalue weighted by atomic mass is 32.2. The largest absolute Gasteiger partial charge is 0.481 e. The van der Waals surface area contributed by atoms with Gasteiger partial charge in [0.1, 0.15) is 0 Å². The molecule has 3 heteroatoms. The van der Waals surface area contributed by atoms with E-state index in [4.69, 9.17) is 5.11 Å². The van der Waals surface area contributed by atoms with Crippen molar-refractivity contribution in [3.05, 3.63) is 22.1 Å². The second-order valence-corrected chi connectivity index (χ2v) is 4.71. The number of aliphatic carboxylic acids is 1. The third kappa shape index (κ3) is 6.78. The molecule has 0 spiro atoms. The molecule has 0 fully saturated rings. The predicted molar refractivity (Wildman–Crippen MR) is 62.5 cm³/mol. The second-order valence-electron chi connectivity index (χ2n) is 3.58. The lowest BCUT2D eigenvalue weighted by Crippen LogP contribution is -1.96. The minimum atomic E-state index is -0.734. The van der Waals surface area contributed by atoms with Crippen LogP contribution < -0.4 is 0 Å². The fourth-order valence-corrected chi connectivity index (χ4v) is 1.95. The molecule has 0 saturated heterocycles. The number of thioether (sulfide) groups is 1. The Kier molecular flexibility index (Phi) is 6.37. The molecule has 0 radical (unpaired) electrons. The van der Waals surface area contributed by atoms with E-state index in [0.29, 0.717) is 5.75 Å². The van der Waals surface area contributed by atoms with Crippen LogP contribution >= 0.6 is 11.8 Å². The highest BCUT2D eigenvalue weighted by molar-refractivity contribution is 8.03. The van der Waals surface area contributed by atoms with Crippen LogP contribution in [0.5, 0.6) is 0 Å². The number of rotatable bonds is 5. The second kappa shape index (κ2) is 6.71. The lowest BCUT2D eigenvalue weighted by Gasteiger charge is -2.04. The fourth-order valence-electron chi connectivity index (χ4n) is 0.841. The first-order valence-corrected chi connectivity index (χ1v) is 5.59. The predicted octanol–water partition coefficient (Wildman–Crippen LogP) is 3.45. The van der Waals surface area contributed by atoms with Crippen molar-refractivity contribution in [3.8, 4) is 0 Å². The van der Waals surface area contributed by atoms with Crippen molar-refractivity contribution in [1.82, 2.24) is 0 Å². The Morgan fingerprint density at radius 1 is 1.29 bits per heavy atom. The van der Waals surface area contributed by atoms with E-state index in [0.717, 1.165) is 0 Å². The normalized spacial score (nSPS) is 9.43. The van der Waals surface area contributed by atoms with E-state index in [1.165, 1.54) is 16.1 Å². The Bertz CT molecular complexity index is 256. The summed E-state index contributed by atoms with van der Waals surface area (Å²) in [6.07, 6.45) is 2.32. The van der Waals surface area contributed by atoms with Crippen LogP contribution in [0, 0.1) is 0 Å². The number of allylic oxidation sites excluding steroid dienone is 3. The summed E-state index contributed by atoms with van der Waals surface area (Å²) in [6, 6.07) is 0. The number of carboxylic acids is 1. The van der Waals surface area contributed by atoms with Crippen LogP contribution in [-0.4, -0.2) is 16.8 Å². The average molecular weight is 214 g/mol. The molecule has 0 saturated carbocycles. The van der Waals surface area contributed by atoms with E-state index >= 15 is 0 Å². The molecule has 0 aromatic carbocycles. The molecule has 0 aliphatic heterocycles. The van der Waals surface area contributed by atoms with Crippen LogP contribution in [0.3, 0.4) is 0 Å². The Morgan fingerprint density at radius 3 is 2.21 bits per heavy atom. The zero-order chi connectivity index (χ0) is 11.1. The van der Waals surface area contributed by atoms with E-state index < -0.39 is 5.97 Å². The molecule has 80 valence electrons. The van der Waals surface area contributed by atoms with Gasteiger partial charge in [-0.15, -0.1) is 11.8 Å². The maximum absolute atomic E-state index is 10.3. The minimum absolute atomic E-state index is 0.220. The van der Waals surface area contributed by atoms with E-state index in [9.17, 15) is 4.79 Å². The van der Waals surface area contributed by atoms with Crippen molar-refractivity contribution in [2.45, 2.75) is 34.1 Å². The summed E-state index contributed by atoms with van der Waals surface area (Å²) in [4.78, 5) is 11.5. The summed E-state index contributed by atoms with van der Waals surface area (Å²) < 4.78 is 0. The van der Waals surface area contributed by atoms with E-state index in [-0.39, 0.29) is 6.42 Å². The maximum Gasteiger partial charge on any atom is 0.304 e. The molecular formula is C11H18O2S. The first-order chi connectivity index (χ1) is 6.43. The molecule has 0 amide bonds. The highest BCUT2D eigenvalue weighted by Gasteiger charge is 2.00. The molecule has 0 bridgehead atoms. The Labute approximate surface area is 90.1 Å². The molecule has 0 aliphatic rings. The van der Waals surface area contributed by atoms with Crippen LogP contribution in [0.15, 0.2) is 22.1 Å². The molecule has 0 rings (SSSR count). The summed E-state index contributed by atoms with van der Waals surface area (Å²) >= 11 is 1.61. The summed E-state index contributed by atoms with van der Waals surface area (Å²) in [5.74, 6) is -0.0950. The SMILES string of the molecule is CC(C)=CC(SCCC(=O)O)=C(C)C. The van der Waals surface area contributed by atoms with E-state index in [2.05, 4.69) is 6.08 Å². The molecule has 14 heavy (non-hydrogen) atoms.